The van der Waals surface area contributed by atoms with Crippen molar-refractivity contribution in [3.05, 3.63) is 29.8 Å². The summed E-state index contributed by atoms with van der Waals surface area (Å²) in [6.45, 7) is 5.71. The van der Waals surface area contributed by atoms with Gasteiger partial charge >= 0.3 is 0 Å². The van der Waals surface area contributed by atoms with Crippen LogP contribution in [0.2, 0.25) is 0 Å². The summed E-state index contributed by atoms with van der Waals surface area (Å²) in [5.41, 5.74) is 0.841. The lowest BCUT2D eigenvalue weighted by Crippen LogP contribution is -2.41. The molecule has 20 heavy (non-hydrogen) atoms. The molecule has 0 saturated carbocycles. The average molecular weight is 279 g/mol. The summed E-state index contributed by atoms with van der Waals surface area (Å²) in [6.07, 6.45) is 3.75. The van der Waals surface area contributed by atoms with Crippen LogP contribution >= 0.6 is 0 Å². The first-order valence-electron chi connectivity index (χ1n) is 7.25. The molecule has 1 aliphatic heterocycles. The van der Waals surface area contributed by atoms with E-state index in [9.17, 15) is 9.18 Å². The monoisotopic (exact) mass is 279 g/mol. The SMILES string of the molecule is CCC(NC(C)CN1CCCC1=O)c1ccc(F)cn1. The number of pyridine rings is 1. The van der Waals surface area contributed by atoms with Gasteiger partial charge in [-0.15, -0.1) is 0 Å². The molecule has 5 heteroatoms. The van der Waals surface area contributed by atoms with Crippen LogP contribution in [0.15, 0.2) is 18.3 Å². The quantitative estimate of drug-likeness (QED) is 0.869. The van der Waals surface area contributed by atoms with Crippen LogP contribution in [0.5, 0.6) is 0 Å². The van der Waals surface area contributed by atoms with Crippen molar-refractivity contribution in [2.75, 3.05) is 13.1 Å². The van der Waals surface area contributed by atoms with E-state index >= 15 is 0 Å². The van der Waals surface area contributed by atoms with Crippen LogP contribution in [0, 0.1) is 5.82 Å². The second kappa shape index (κ2) is 6.79. The predicted molar refractivity (Wildman–Crippen MR) is 75.6 cm³/mol. The molecule has 2 unspecified atom stereocenters. The van der Waals surface area contributed by atoms with Gasteiger partial charge in [0.15, 0.2) is 0 Å². The van der Waals surface area contributed by atoms with Gasteiger partial charge in [0.05, 0.1) is 11.9 Å². The molecule has 4 nitrogen and oxygen atoms in total. The van der Waals surface area contributed by atoms with Gasteiger partial charge in [0, 0.05) is 31.6 Å². The highest BCUT2D eigenvalue weighted by atomic mass is 19.1. The molecule has 0 aliphatic carbocycles. The summed E-state index contributed by atoms with van der Waals surface area (Å²) in [4.78, 5) is 17.7. The third-order valence-corrected chi connectivity index (χ3v) is 3.67. The highest BCUT2D eigenvalue weighted by Crippen LogP contribution is 2.16. The molecule has 1 fully saturated rings. The van der Waals surface area contributed by atoms with E-state index in [1.54, 1.807) is 6.07 Å². The minimum atomic E-state index is -0.320. The summed E-state index contributed by atoms with van der Waals surface area (Å²) in [6, 6.07) is 3.42. The zero-order chi connectivity index (χ0) is 14.5. The van der Waals surface area contributed by atoms with E-state index in [0.29, 0.717) is 6.42 Å². The number of rotatable bonds is 6. The van der Waals surface area contributed by atoms with Crippen LogP contribution in [0.25, 0.3) is 0 Å². The third kappa shape index (κ3) is 3.76. The number of carbonyl (C=O) groups is 1. The van der Waals surface area contributed by atoms with E-state index in [1.165, 1.54) is 12.3 Å². The van der Waals surface area contributed by atoms with Gasteiger partial charge in [0.25, 0.3) is 0 Å². The number of hydrogen-bond donors (Lipinski definition) is 1. The molecule has 2 atom stereocenters. The number of likely N-dealkylation sites (tertiary alicyclic amines) is 1. The summed E-state index contributed by atoms with van der Waals surface area (Å²) in [5, 5.41) is 3.47. The Morgan fingerprint density at radius 3 is 2.85 bits per heavy atom. The molecule has 0 aromatic carbocycles. The molecule has 1 saturated heterocycles. The first-order valence-corrected chi connectivity index (χ1v) is 7.25. The van der Waals surface area contributed by atoms with Crippen molar-refractivity contribution < 1.29 is 9.18 Å². The van der Waals surface area contributed by atoms with Gasteiger partial charge in [0.1, 0.15) is 5.82 Å². The zero-order valence-corrected chi connectivity index (χ0v) is 12.1. The average Bonchev–Trinajstić information content (AvgIpc) is 2.83. The standard InChI is InChI=1S/C15H22FN3O/c1-3-13(14-7-6-12(16)9-17-14)18-11(2)10-19-8-4-5-15(19)20/h6-7,9,11,13,18H,3-5,8,10H2,1-2H3. The Hall–Kier alpha value is -1.49. The Morgan fingerprint density at radius 2 is 2.30 bits per heavy atom. The van der Waals surface area contributed by atoms with Gasteiger partial charge in [-0.2, -0.15) is 0 Å². The number of nitrogens with one attached hydrogen (secondary N) is 1. The van der Waals surface area contributed by atoms with Crippen LogP contribution in [-0.2, 0) is 4.79 Å². The van der Waals surface area contributed by atoms with Crippen molar-refractivity contribution in [1.29, 1.82) is 0 Å². The van der Waals surface area contributed by atoms with Crippen molar-refractivity contribution in [2.24, 2.45) is 0 Å². The van der Waals surface area contributed by atoms with Gasteiger partial charge in [0.2, 0.25) is 5.91 Å². The topological polar surface area (TPSA) is 45.2 Å². The van der Waals surface area contributed by atoms with Gasteiger partial charge in [-0.05, 0) is 31.9 Å². The smallest absolute Gasteiger partial charge is 0.222 e. The van der Waals surface area contributed by atoms with Crippen molar-refractivity contribution in [2.45, 2.75) is 45.2 Å². The number of halogens is 1. The number of carbonyl (C=O) groups excluding carboxylic acids is 1. The van der Waals surface area contributed by atoms with Crippen LogP contribution in [-0.4, -0.2) is 34.9 Å². The zero-order valence-electron chi connectivity index (χ0n) is 12.1. The fourth-order valence-corrected chi connectivity index (χ4v) is 2.63. The molecule has 0 radical (unpaired) electrons. The molecule has 1 aromatic heterocycles. The van der Waals surface area contributed by atoms with E-state index in [4.69, 9.17) is 0 Å². The lowest BCUT2D eigenvalue weighted by atomic mass is 10.1. The Bertz CT molecular complexity index is 449. The number of aromatic nitrogens is 1. The highest BCUT2D eigenvalue weighted by molar-refractivity contribution is 5.78. The van der Waals surface area contributed by atoms with Gasteiger partial charge < -0.3 is 10.2 Å². The van der Waals surface area contributed by atoms with Crippen molar-refractivity contribution >= 4 is 5.91 Å². The minimum Gasteiger partial charge on any atom is -0.341 e. The van der Waals surface area contributed by atoms with Crippen LogP contribution in [0.4, 0.5) is 4.39 Å². The lowest BCUT2D eigenvalue weighted by Gasteiger charge is -2.26. The normalized spacial score (nSPS) is 18.4. The number of amides is 1. The van der Waals surface area contributed by atoms with Crippen LogP contribution < -0.4 is 5.32 Å². The summed E-state index contributed by atoms with van der Waals surface area (Å²) in [7, 11) is 0. The maximum Gasteiger partial charge on any atom is 0.222 e. The number of nitrogens with zero attached hydrogens (tertiary/aromatic N) is 2. The van der Waals surface area contributed by atoms with E-state index in [-0.39, 0.29) is 23.8 Å². The maximum atomic E-state index is 12.9. The Balaban J connectivity index is 1.92. The molecule has 1 N–H and O–H groups in total. The predicted octanol–water partition coefficient (Wildman–Crippen LogP) is 2.27. The molecule has 0 spiro atoms. The van der Waals surface area contributed by atoms with Crippen molar-refractivity contribution in [3.8, 4) is 0 Å². The van der Waals surface area contributed by atoms with E-state index in [1.807, 2.05) is 4.90 Å². The molecular weight excluding hydrogens is 257 g/mol. The van der Waals surface area contributed by atoms with Crippen molar-refractivity contribution in [1.82, 2.24) is 15.2 Å². The maximum absolute atomic E-state index is 12.9. The van der Waals surface area contributed by atoms with Crippen LogP contribution in [0.1, 0.15) is 44.8 Å². The molecule has 0 bridgehead atoms. The summed E-state index contributed by atoms with van der Waals surface area (Å²) in [5.74, 6) is -0.0779. The fourth-order valence-electron chi connectivity index (χ4n) is 2.63. The van der Waals surface area contributed by atoms with E-state index in [2.05, 4.69) is 24.1 Å². The Morgan fingerprint density at radius 1 is 1.50 bits per heavy atom. The Kier molecular flexibility index (Phi) is 5.06. The van der Waals surface area contributed by atoms with Gasteiger partial charge in [-0.3, -0.25) is 9.78 Å². The van der Waals surface area contributed by atoms with E-state index in [0.717, 1.165) is 31.6 Å². The fraction of sp³-hybridized carbons (Fsp3) is 0.600. The van der Waals surface area contributed by atoms with Crippen LogP contribution in [0.3, 0.4) is 0 Å². The molecule has 1 aliphatic rings. The molecule has 2 rings (SSSR count). The lowest BCUT2D eigenvalue weighted by molar-refractivity contribution is -0.127. The molecule has 1 aromatic rings. The van der Waals surface area contributed by atoms with Crippen molar-refractivity contribution in [3.63, 3.8) is 0 Å². The first kappa shape index (κ1) is 14.9. The first-order chi connectivity index (χ1) is 9.60. The summed E-state index contributed by atoms with van der Waals surface area (Å²) >= 11 is 0. The third-order valence-electron chi connectivity index (χ3n) is 3.67. The Labute approximate surface area is 119 Å². The molecule has 110 valence electrons. The second-order valence-electron chi connectivity index (χ2n) is 5.37. The van der Waals surface area contributed by atoms with E-state index < -0.39 is 0 Å². The van der Waals surface area contributed by atoms with Gasteiger partial charge in [-0.1, -0.05) is 6.92 Å². The largest absolute Gasteiger partial charge is 0.341 e. The number of hydrogen-bond acceptors (Lipinski definition) is 3. The molecular formula is C15H22FN3O. The highest BCUT2D eigenvalue weighted by Gasteiger charge is 2.23. The molecule has 1 amide bonds. The second-order valence-corrected chi connectivity index (χ2v) is 5.37. The van der Waals surface area contributed by atoms with Gasteiger partial charge in [-0.25, -0.2) is 4.39 Å². The molecule has 2 heterocycles. The summed E-state index contributed by atoms with van der Waals surface area (Å²) < 4.78 is 12.9. The minimum absolute atomic E-state index is 0.0864.